The molecule has 15 heavy (non-hydrogen) atoms. The zero-order chi connectivity index (χ0) is 10.7. The van der Waals surface area contributed by atoms with Gasteiger partial charge in [0, 0.05) is 13.2 Å². The Bertz CT molecular complexity index is 227. The van der Waals surface area contributed by atoms with E-state index >= 15 is 0 Å². The van der Waals surface area contributed by atoms with Crippen LogP contribution < -0.4 is 5.32 Å². The van der Waals surface area contributed by atoms with E-state index in [9.17, 15) is 4.79 Å². The molecule has 0 bridgehead atoms. The van der Waals surface area contributed by atoms with Crippen molar-refractivity contribution in [2.75, 3.05) is 19.8 Å². The third-order valence-electron chi connectivity index (χ3n) is 3.24. The molecule has 1 N–H and O–H groups in total. The molecule has 0 radical (unpaired) electrons. The largest absolute Gasteiger partial charge is 0.376 e. The van der Waals surface area contributed by atoms with Gasteiger partial charge in [-0.25, -0.2) is 0 Å². The maximum Gasteiger partial charge on any atom is 0.240 e. The molecule has 0 saturated carbocycles. The third-order valence-corrected chi connectivity index (χ3v) is 3.24. The highest BCUT2D eigenvalue weighted by molar-refractivity contribution is 5.83. The van der Waals surface area contributed by atoms with Crippen LogP contribution in [0.3, 0.4) is 0 Å². The summed E-state index contributed by atoms with van der Waals surface area (Å²) in [6, 6.07) is 0.0357. The van der Waals surface area contributed by atoms with Gasteiger partial charge in [0.1, 0.15) is 0 Å². The van der Waals surface area contributed by atoms with Gasteiger partial charge in [0.2, 0.25) is 5.91 Å². The number of ether oxygens (including phenoxy) is 1. The lowest BCUT2D eigenvalue weighted by Crippen LogP contribution is -2.38. The van der Waals surface area contributed by atoms with Crippen LogP contribution in [0.4, 0.5) is 0 Å². The van der Waals surface area contributed by atoms with Crippen LogP contribution in [-0.4, -0.2) is 42.8 Å². The van der Waals surface area contributed by atoms with Crippen molar-refractivity contribution in [3.05, 3.63) is 0 Å². The van der Waals surface area contributed by atoms with Gasteiger partial charge in [-0.15, -0.1) is 0 Å². The molecular weight excluding hydrogens is 192 g/mol. The molecule has 2 heterocycles. The summed E-state index contributed by atoms with van der Waals surface area (Å²) in [6.45, 7) is 4.35. The van der Waals surface area contributed by atoms with Crippen molar-refractivity contribution >= 4 is 5.91 Å². The number of amides is 1. The number of carbonyl (C=O) groups is 1. The molecule has 1 amide bonds. The van der Waals surface area contributed by atoms with E-state index in [0.29, 0.717) is 6.67 Å². The summed E-state index contributed by atoms with van der Waals surface area (Å²) in [5.41, 5.74) is 0. The predicted molar refractivity (Wildman–Crippen MR) is 57.4 cm³/mol. The fraction of sp³-hybridized carbons (Fsp3) is 0.909. The summed E-state index contributed by atoms with van der Waals surface area (Å²) in [4.78, 5) is 13.7. The molecule has 0 spiro atoms. The van der Waals surface area contributed by atoms with E-state index in [-0.39, 0.29) is 18.1 Å². The summed E-state index contributed by atoms with van der Waals surface area (Å²) >= 11 is 0. The fourth-order valence-electron chi connectivity index (χ4n) is 2.28. The zero-order valence-corrected chi connectivity index (χ0v) is 9.37. The molecule has 86 valence electrons. The third kappa shape index (κ3) is 2.49. The first kappa shape index (κ1) is 10.9. The normalized spacial score (nSPS) is 32.3. The molecule has 2 saturated heterocycles. The Labute approximate surface area is 91.0 Å². The number of rotatable bonds is 3. The molecule has 2 aliphatic heterocycles. The molecule has 4 heteroatoms. The first-order valence-electron chi connectivity index (χ1n) is 5.95. The molecule has 0 aromatic carbocycles. The fourth-order valence-corrected chi connectivity index (χ4v) is 2.28. The Morgan fingerprint density at radius 3 is 3.00 bits per heavy atom. The van der Waals surface area contributed by atoms with Gasteiger partial charge in [-0.1, -0.05) is 6.92 Å². The lowest BCUT2D eigenvalue weighted by molar-refractivity contribution is -0.131. The highest BCUT2D eigenvalue weighted by Crippen LogP contribution is 2.16. The second kappa shape index (κ2) is 4.94. The Kier molecular flexibility index (Phi) is 3.59. The standard InChI is InChI=1S/C11H20N2O2/c1-2-10-11(14)13(8-12-10)7-9-5-3-4-6-15-9/h9-10,12H,2-8H2,1H3. The number of hydrogen-bond acceptors (Lipinski definition) is 3. The van der Waals surface area contributed by atoms with E-state index in [1.807, 2.05) is 11.8 Å². The van der Waals surface area contributed by atoms with Crippen molar-refractivity contribution in [2.45, 2.75) is 44.8 Å². The van der Waals surface area contributed by atoms with Gasteiger partial charge in [0.05, 0.1) is 18.8 Å². The van der Waals surface area contributed by atoms with Gasteiger partial charge in [-0.3, -0.25) is 10.1 Å². The van der Waals surface area contributed by atoms with Crippen LogP contribution in [0.5, 0.6) is 0 Å². The monoisotopic (exact) mass is 212 g/mol. The van der Waals surface area contributed by atoms with Crippen molar-refractivity contribution in [3.8, 4) is 0 Å². The van der Waals surface area contributed by atoms with Gasteiger partial charge in [-0.05, 0) is 25.7 Å². The maximum absolute atomic E-state index is 11.8. The molecule has 2 fully saturated rings. The molecule has 0 aromatic rings. The van der Waals surface area contributed by atoms with Crippen molar-refractivity contribution in [3.63, 3.8) is 0 Å². The van der Waals surface area contributed by atoms with E-state index < -0.39 is 0 Å². The number of hydrogen-bond donors (Lipinski definition) is 1. The summed E-state index contributed by atoms with van der Waals surface area (Å²) in [7, 11) is 0. The second-order valence-corrected chi connectivity index (χ2v) is 4.37. The first-order valence-corrected chi connectivity index (χ1v) is 5.95. The van der Waals surface area contributed by atoms with Crippen molar-refractivity contribution < 1.29 is 9.53 Å². The summed E-state index contributed by atoms with van der Waals surface area (Å²) in [6.07, 6.45) is 4.64. The van der Waals surface area contributed by atoms with Crippen LogP contribution in [0.25, 0.3) is 0 Å². The van der Waals surface area contributed by atoms with Gasteiger partial charge < -0.3 is 9.64 Å². The van der Waals surface area contributed by atoms with E-state index in [4.69, 9.17) is 4.74 Å². The van der Waals surface area contributed by atoms with Crippen LogP contribution >= 0.6 is 0 Å². The Morgan fingerprint density at radius 1 is 1.53 bits per heavy atom. The van der Waals surface area contributed by atoms with Crippen LogP contribution in [0.15, 0.2) is 0 Å². The second-order valence-electron chi connectivity index (χ2n) is 4.37. The SMILES string of the molecule is CCC1NCN(CC2CCCCO2)C1=O. The van der Waals surface area contributed by atoms with Gasteiger partial charge in [0.25, 0.3) is 0 Å². The van der Waals surface area contributed by atoms with Gasteiger partial charge in [-0.2, -0.15) is 0 Å². The summed E-state index contributed by atoms with van der Waals surface area (Å²) in [5.74, 6) is 0.242. The molecule has 2 atom stereocenters. The molecule has 2 unspecified atom stereocenters. The van der Waals surface area contributed by atoms with Crippen molar-refractivity contribution in [1.82, 2.24) is 10.2 Å². The average Bonchev–Trinajstić information content (AvgIpc) is 2.62. The highest BCUT2D eigenvalue weighted by atomic mass is 16.5. The van der Waals surface area contributed by atoms with Crippen molar-refractivity contribution in [2.24, 2.45) is 0 Å². The Morgan fingerprint density at radius 2 is 2.40 bits per heavy atom. The Balaban J connectivity index is 1.82. The minimum absolute atomic E-state index is 0.0357. The van der Waals surface area contributed by atoms with Gasteiger partial charge >= 0.3 is 0 Å². The predicted octanol–water partition coefficient (Wildman–Crippen LogP) is 0.723. The lowest BCUT2D eigenvalue weighted by Gasteiger charge is -2.26. The maximum atomic E-state index is 11.8. The van der Waals surface area contributed by atoms with Crippen molar-refractivity contribution in [1.29, 1.82) is 0 Å². The molecule has 0 aromatic heterocycles. The quantitative estimate of drug-likeness (QED) is 0.749. The molecule has 0 aliphatic carbocycles. The summed E-state index contributed by atoms with van der Waals surface area (Å²) in [5, 5.41) is 3.22. The average molecular weight is 212 g/mol. The van der Waals surface area contributed by atoms with Crippen LogP contribution in [-0.2, 0) is 9.53 Å². The molecular formula is C11H20N2O2. The van der Waals surface area contributed by atoms with Crippen LogP contribution in [0.1, 0.15) is 32.6 Å². The van der Waals surface area contributed by atoms with Gasteiger partial charge in [0.15, 0.2) is 0 Å². The van der Waals surface area contributed by atoms with Crippen LogP contribution in [0.2, 0.25) is 0 Å². The van der Waals surface area contributed by atoms with Crippen LogP contribution in [0, 0.1) is 0 Å². The van der Waals surface area contributed by atoms with E-state index in [0.717, 1.165) is 26.0 Å². The van der Waals surface area contributed by atoms with E-state index in [1.165, 1.54) is 12.8 Å². The lowest BCUT2D eigenvalue weighted by atomic mass is 10.1. The Hall–Kier alpha value is -0.610. The number of nitrogens with one attached hydrogen (secondary N) is 1. The minimum Gasteiger partial charge on any atom is -0.376 e. The summed E-state index contributed by atoms with van der Waals surface area (Å²) < 4.78 is 5.64. The van der Waals surface area contributed by atoms with E-state index in [1.54, 1.807) is 0 Å². The topological polar surface area (TPSA) is 41.6 Å². The minimum atomic E-state index is 0.0357. The number of carbonyl (C=O) groups excluding carboxylic acids is 1. The molecule has 4 nitrogen and oxygen atoms in total. The smallest absolute Gasteiger partial charge is 0.240 e. The first-order chi connectivity index (χ1) is 7.31. The van der Waals surface area contributed by atoms with E-state index in [2.05, 4.69) is 5.32 Å². The highest BCUT2D eigenvalue weighted by Gasteiger charge is 2.31. The molecule has 2 rings (SSSR count). The zero-order valence-electron chi connectivity index (χ0n) is 9.37. The molecule has 2 aliphatic rings. The number of nitrogens with zero attached hydrogens (tertiary/aromatic N) is 1.